The lowest BCUT2D eigenvalue weighted by molar-refractivity contribution is 0.356. The third-order valence-corrected chi connectivity index (χ3v) is 7.85. The van der Waals surface area contributed by atoms with Crippen LogP contribution in [0.25, 0.3) is 0 Å². The lowest BCUT2D eigenvalue weighted by Gasteiger charge is -2.29. The molecule has 2 N–H and O–H groups in total. The van der Waals surface area contributed by atoms with Crippen molar-refractivity contribution in [2.24, 2.45) is 0 Å². The highest BCUT2D eigenvalue weighted by molar-refractivity contribution is 7.89. The van der Waals surface area contributed by atoms with Gasteiger partial charge in [0.2, 0.25) is 20.0 Å². The number of pyridine rings is 2. The monoisotopic (exact) mass is 464 g/mol. The van der Waals surface area contributed by atoms with Crippen LogP contribution in [0.1, 0.15) is 25.7 Å². The van der Waals surface area contributed by atoms with E-state index in [0.717, 1.165) is 0 Å². The zero-order chi connectivity index (χ0) is 20.4. The summed E-state index contributed by atoms with van der Waals surface area (Å²) < 4.78 is 54.9. The molecule has 2 heterocycles. The van der Waals surface area contributed by atoms with Crippen LogP contribution < -0.4 is 9.44 Å². The summed E-state index contributed by atoms with van der Waals surface area (Å²) in [6, 6.07) is 5.04. The Balaban J connectivity index is 1.57. The molecule has 3 rings (SSSR count). The first-order chi connectivity index (χ1) is 13.2. The number of nitrogens with zero attached hydrogens (tertiary/aromatic N) is 2. The molecular weight excluding hydrogens is 447 g/mol. The Kier molecular flexibility index (Phi) is 6.58. The van der Waals surface area contributed by atoms with E-state index in [-0.39, 0.29) is 32.2 Å². The number of hydrogen-bond donors (Lipinski definition) is 2. The Bertz CT molecular complexity index is 936. The average molecular weight is 465 g/mol. The van der Waals surface area contributed by atoms with Crippen LogP contribution in [0.15, 0.2) is 46.5 Å². The Labute approximate surface area is 173 Å². The van der Waals surface area contributed by atoms with E-state index in [1.54, 1.807) is 0 Å². The van der Waals surface area contributed by atoms with E-state index in [9.17, 15) is 16.8 Å². The maximum absolute atomic E-state index is 12.4. The average Bonchev–Trinajstić information content (AvgIpc) is 2.64. The van der Waals surface area contributed by atoms with Crippen LogP contribution in [0, 0.1) is 0 Å². The summed E-state index contributed by atoms with van der Waals surface area (Å²) in [5, 5.41) is 0.422. The van der Waals surface area contributed by atoms with Crippen LogP contribution >= 0.6 is 23.2 Å². The van der Waals surface area contributed by atoms with Crippen LogP contribution in [0.2, 0.25) is 10.3 Å². The molecule has 12 heteroatoms. The zero-order valence-corrected chi connectivity index (χ0v) is 17.7. The predicted octanol–water partition coefficient (Wildman–Crippen LogP) is 2.35. The van der Waals surface area contributed by atoms with E-state index in [0.29, 0.717) is 25.7 Å². The summed E-state index contributed by atoms with van der Waals surface area (Å²) in [7, 11) is -7.41. The van der Waals surface area contributed by atoms with Crippen LogP contribution in [-0.4, -0.2) is 38.9 Å². The molecule has 152 valence electrons. The number of rotatable bonds is 6. The second-order valence-electron chi connectivity index (χ2n) is 6.42. The molecule has 0 amide bonds. The van der Waals surface area contributed by atoms with Gasteiger partial charge in [0.25, 0.3) is 0 Å². The molecule has 1 aliphatic carbocycles. The summed E-state index contributed by atoms with van der Waals surface area (Å²) in [6.45, 7) is 0. The predicted molar refractivity (Wildman–Crippen MR) is 105 cm³/mol. The normalized spacial score (nSPS) is 20.8. The smallest absolute Gasteiger partial charge is 0.242 e. The highest BCUT2D eigenvalue weighted by Gasteiger charge is 2.28. The molecule has 1 saturated carbocycles. The van der Waals surface area contributed by atoms with E-state index in [2.05, 4.69) is 19.4 Å². The van der Waals surface area contributed by atoms with Crippen molar-refractivity contribution < 1.29 is 16.8 Å². The lowest BCUT2D eigenvalue weighted by Crippen LogP contribution is -2.43. The van der Waals surface area contributed by atoms with Gasteiger partial charge >= 0.3 is 0 Å². The molecule has 0 spiro atoms. The Morgan fingerprint density at radius 3 is 1.36 bits per heavy atom. The molecule has 2 aromatic rings. The number of hydrogen-bond acceptors (Lipinski definition) is 6. The van der Waals surface area contributed by atoms with Crippen molar-refractivity contribution in [3.05, 3.63) is 47.0 Å². The molecule has 1 fully saturated rings. The fourth-order valence-electron chi connectivity index (χ4n) is 2.95. The summed E-state index contributed by atoms with van der Waals surface area (Å²) >= 11 is 11.4. The molecule has 0 atom stereocenters. The first kappa shape index (κ1) is 21.4. The highest BCUT2D eigenvalue weighted by Crippen LogP contribution is 2.23. The molecule has 0 aromatic carbocycles. The Morgan fingerprint density at radius 1 is 0.714 bits per heavy atom. The van der Waals surface area contributed by atoms with Gasteiger partial charge in [-0.25, -0.2) is 36.2 Å². The van der Waals surface area contributed by atoms with E-state index in [1.807, 2.05) is 0 Å². The van der Waals surface area contributed by atoms with E-state index in [1.165, 1.54) is 36.7 Å². The van der Waals surface area contributed by atoms with Crippen molar-refractivity contribution in [2.75, 3.05) is 0 Å². The van der Waals surface area contributed by atoms with Crippen LogP contribution in [-0.2, 0) is 20.0 Å². The first-order valence-corrected chi connectivity index (χ1v) is 12.2. The second-order valence-corrected chi connectivity index (χ2v) is 10.6. The van der Waals surface area contributed by atoms with Gasteiger partial charge in [-0.3, -0.25) is 0 Å². The Morgan fingerprint density at radius 2 is 1.07 bits per heavy atom. The van der Waals surface area contributed by atoms with E-state index >= 15 is 0 Å². The summed E-state index contributed by atoms with van der Waals surface area (Å²) in [5.74, 6) is 0. The quantitative estimate of drug-likeness (QED) is 0.633. The highest BCUT2D eigenvalue weighted by atomic mass is 35.5. The molecular formula is C16H18Cl2N4O4S2. The van der Waals surface area contributed by atoms with E-state index < -0.39 is 20.0 Å². The van der Waals surface area contributed by atoms with E-state index in [4.69, 9.17) is 23.2 Å². The third kappa shape index (κ3) is 5.40. The fraction of sp³-hybridized carbons (Fsp3) is 0.375. The summed E-state index contributed by atoms with van der Waals surface area (Å²) in [4.78, 5) is 7.64. The van der Waals surface area contributed by atoms with Crippen molar-refractivity contribution in [1.29, 1.82) is 0 Å². The summed E-state index contributed by atoms with van der Waals surface area (Å²) in [6.07, 6.45) is 4.42. The minimum absolute atomic E-state index is 0.0370. The molecule has 1 aliphatic rings. The van der Waals surface area contributed by atoms with Crippen LogP contribution in [0.4, 0.5) is 0 Å². The van der Waals surface area contributed by atoms with Crippen molar-refractivity contribution in [1.82, 2.24) is 19.4 Å². The van der Waals surface area contributed by atoms with Gasteiger partial charge in [-0.2, -0.15) is 0 Å². The topological polar surface area (TPSA) is 118 Å². The van der Waals surface area contributed by atoms with Crippen molar-refractivity contribution in [3.63, 3.8) is 0 Å². The molecule has 0 aliphatic heterocycles. The summed E-state index contributed by atoms with van der Waals surface area (Å²) in [5.41, 5.74) is 0. The number of aromatic nitrogens is 2. The third-order valence-electron chi connectivity index (χ3n) is 4.39. The first-order valence-electron chi connectivity index (χ1n) is 8.43. The van der Waals surface area contributed by atoms with Gasteiger partial charge in [0, 0.05) is 24.5 Å². The molecule has 0 unspecified atom stereocenters. The number of nitrogens with one attached hydrogen (secondary N) is 2. The van der Waals surface area contributed by atoms with Gasteiger partial charge in [0.05, 0.1) is 0 Å². The Hall–Kier alpha value is -1.30. The lowest BCUT2D eigenvalue weighted by atomic mass is 9.92. The minimum atomic E-state index is -3.71. The number of halogens is 2. The van der Waals surface area contributed by atoms with Gasteiger partial charge < -0.3 is 0 Å². The molecule has 0 radical (unpaired) electrons. The maximum atomic E-state index is 12.4. The molecule has 28 heavy (non-hydrogen) atoms. The van der Waals surface area contributed by atoms with Gasteiger partial charge in [0.15, 0.2) is 0 Å². The zero-order valence-electron chi connectivity index (χ0n) is 14.5. The molecule has 0 bridgehead atoms. The van der Waals surface area contributed by atoms with Gasteiger partial charge in [-0.05, 0) is 49.9 Å². The largest absolute Gasteiger partial charge is 0.243 e. The van der Waals surface area contributed by atoms with Crippen LogP contribution in [0.3, 0.4) is 0 Å². The standard InChI is InChI=1S/C16H18Cl2N4O4S2/c17-15-7-5-13(9-19-15)27(23,24)21-11-1-2-12(4-3-11)22-28(25,26)14-6-8-16(18)20-10-14/h5-12,21-22H,1-4H2. The fourth-order valence-corrected chi connectivity index (χ4v) is 5.67. The van der Waals surface area contributed by atoms with Gasteiger partial charge in [0.1, 0.15) is 20.1 Å². The second kappa shape index (κ2) is 8.60. The van der Waals surface area contributed by atoms with Crippen LogP contribution in [0.5, 0.6) is 0 Å². The molecule has 2 aromatic heterocycles. The minimum Gasteiger partial charge on any atom is -0.243 e. The molecule has 8 nitrogen and oxygen atoms in total. The maximum Gasteiger partial charge on any atom is 0.242 e. The van der Waals surface area contributed by atoms with Gasteiger partial charge in [-0.1, -0.05) is 23.2 Å². The number of sulfonamides is 2. The molecule has 0 saturated heterocycles. The SMILES string of the molecule is O=S(=O)(NC1CCC(NS(=O)(=O)c2ccc(Cl)nc2)CC1)c1ccc(Cl)nc1. The van der Waals surface area contributed by atoms with Crippen molar-refractivity contribution in [2.45, 2.75) is 47.6 Å². The van der Waals surface area contributed by atoms with Gasteiger partial charge in [-0.15, -0.1) is 0 Å². The van der Waals surface area contributed by atoms with Crippen molar-refractivity contribution >= 4 is 43.2 Å². The van der Waals surface area contributed by atoms with Crippen molar-refractivity contribution in [3.8, 4) is 0 Å².